The lowest BCUT2D eigenvalue weighted by Gasteiger charge is -2.09. The first-order valence-corrected chi connectivity index (χ1v) is 6.75. The summed E-state index contributed by atoms with van der Waals surface area (Å²) in [6.07, 6.45) is -0.821. The van der Waals surface area contributed by atoms with Crippen LogP contribution in [0.3, 0.4) is 0 Å². The molecule has 0 saturated heterocycles. The fourth-order valence-corrected chi connectivity index (χ4v) is 3.22. The van der Waals surface area contributed by atoms with Gasteiger partial charge in [0.2, 0.25) is 10.0 Å². The van der Waals surface area contributed by atoms with Gasteiger partial charge in [0.05, 0.1) is 6.10 Å². The Bertz CT molecular complexity index is 559. The number of carboxylic acids is 1. The molecule has 0 spiro atoms. The van der Waals surface area contributed by atoms with Gasteiger partial charge in [-0.25, -0.2) is 17.9 Å². The fourth-order valence-electron chi connectivity index (χ4n) is 1.65. The van der Waals surface area contributed by atoms with Gasteiger partial charge in [-0.2, -0.15) is 0 Å². The quantitative estimate of drug-likeness (QED) is 0.603. The fraction of sp³-hybridized carbons (Fsp3) is 0.500. The molecule has 1 heterocycles. The number of nitrogens with one attached hydrogen (secondary N) is 2. The molecule has 18 heavy (non-hydrogen) atoms. The molecule has 102 valence electrons. The van der Waals surface area contributed by atoms with E-state index in [0.29, 0.717) is 0 Å². The maximum Gasteiger partial charge on any atom is 0.352 e. The number of rotatable bonds is 5. The molecule has 8 heteroatoms. The third-order valence-corrected chi connectivity index (χ3v) is 4.12. The maximum absolute atomic E-state index is 12.0. The summed E-state index contributed by atoms with van der Waals surface area (Å²) in [4.78, 5) is 13.3. The first-order chi connectivity index (χ1) is 8.16. The normalized spacial score (nSPS) is 13.6. The largest absolute Gasteiger partial charge is 0.477 e. The highest BCUT2D eigenvalue weighted by Crippen LogP contribution is 2.22. The highest BCUT2D eigenvalue weighted by molar-refractivity contribution is 7.89. The van der Waals surface area contributed by atoms with Crippen molar-refractivity contribution in [3.8, 4) is 0 Å². The zero-order valence-corrected chi connectivity index (χ0v) is 11.1. The average molecular weight is 276 g/mol. The molecule has 0 amide bonds. The Hall–Kier alpha value is -1.38. The number of hydrogen-bond donors (Lipinski definition) is 4. The summed E-state index contributed by atoms with van der Waals surface area (Å²) in [6, 6.07) is 0. The van der Waals surface area contributed by atoms with E-state index in [1.807, 2.05) is 0 Å². The van der Waals surface area contributed by atoms with Crippen LogP contribution in [-0.2, 0) is 10.0 Å². The van der Waals surface area contributed by atoms with Gasteiger partial charge in [0.15, 0.2) is 0 Å². The number of sulfonamides is 1. The predicted molar refractivity (Wildman–Crippen MR) is 64.1 cm³/mol. The standard InChI is InChI=1S/C10H16N2O5S/c1-5(13)4-11-18(16,17)9-6(2)8(10(14)15)12-7(9)3/h5,11-13H,4H2,1-3H3,(H,14,15)/t5-/m0/s1. The van der Waals surface area contributed by atoms with Gasteiger partial charge in [-0.15, -0.1) is 0 Å². The molecule has 0 radical (unpaired) electrons. The predicted octanol–water partition coefficient (Wildman–Crippen LogP) is -0.0112. The van der Waals surface area contributed by atoms with Crippen LogP contribution in [0, 0.1) is 13.8 Å². The minimum absolute atomic E-state index is 0.0828. The van der Waals surface area contributed by atoms with Crippen LogP contribution < -0.4 is 4.72 Å². The van der Waals surface area contributed by atoms with E-state index >= 15 is 0 Å². The summed E-state index contributed by atoms with van der Waals surface area (Å²) in [7, 11) is -3.83. The molecule has 7 nitrogen and oxygen atoms in total. The molecule has 0 aliphatic carbocycles. The second-order valence-corrected chi connectivity index (χ2v) is 5.79. The van der Waals surface area contributed by atoms with Crippen LogP contribution >= 0.6 is 0 Å². The summed E-state index contributed by atoms with van der Waals surface area (Å²) in [6.45, 7) is 4.22. The van der Waals surface area contributed by atoms with Gasteiger partial charge in [-0.1, -0.05) is 0 Å². The molecule has 0 saturated carbocycles. The van der Waals surface area contributed by atoms with E-state index in [-0.39, 0.29) is 28.4 Å². The Morgan fingerprint density at radius 2 is 2.00 bits per heavy atom. The van der Waals surface area contributed by atoms with Crippen LogP contribution in [0.5, 0.6) is 0 Å². The third-order valence-electron chi connectivity index (χ3n) is 2.42. The molecular formula is C10H16N2O5S. The number of aromatic amines is 1. The smallest absolute Gasteiger partial charge is 0.352 e. The number of aliphatic hydroxyl groups excluding tert-OH is 1. The summed E-state index contributed by atoms with van der Waals surface area (Å²) >= 11 is 0. The minimum Gasteiger partial charge on any atom is -0.477 e. The third kappa shape index (κ3) is 2.89. The van der Waals surface area contributed by atoms with Gasteiger partial charge in [-0.3, -0.25) is 0 Å². The van der Waals surface area contributed by atoms with E-state index in [9.17, 15) is 13.2 Å². The van der Waals surface area contributed by atoms with E-state index in [2.05, 4.69) is 9.71 Å². The lowest BCUT2D eigenvalue weighted by atomic mass is 10.2. The second kappa shape index (κ2) is 5.09. The Kier molecular flexibility index (Phi) is 4.15. The van der Waals surface area contributed by atoms with Gasteiger partial charge in [0, 0.05) is 17.8 Å². The van der Waals surface area contributed by atoms with Gasteiger partial charge >= 0.3 is 5.97 Å². The lowest BCUT2D eigenvalue weighted by Crippen LogP contribution is -2.31. The van der Waals surface area contributed by atoms with E-state index in [1.165, 1.54) is 20.8 Å². The lowest BCUT2D eigenvalue weighted by molar-refractivity contribution is 0.0690. The van der Waals surface area contributed by atoms with Crippen molar-refractivity contribution in [1.29, 1.82) is 0 Å². The molecule has 1 aromatic heterocycles. The molecule has 0 aliphatic heterocycles. The highest BCUT2D eigenvalue weighted by atomic mass is 32.2. The molecule has 0 bridgehead atoms. The van der Waals surface area contributed by atoms with Crippen LogP contribution in [0.15, 0.2) is 4.90 Å². The van der Waals surface area contributed by atoms with Crippen molar-refractivity contribution in [2.24, 2.45) is 0 Å². The van der Waals surface area contributed by atoms with Gasteiger partial charge in [0.25, 0.3) is 0 Å². The maximum atomic E-state index is 12.0. The van der Waals surface area contributed by atoms with Gasteiger partial charge in [-0.05, 0) is 20.8 Å². The number of carboxylic acid groups (broad SMARTS) is 1. The molecule has 0 fully saturated rings. The molecular weight excluding hydrogens is 260 g/mol. The Morgan fingerprint density at radius 1 is 1.44 bits per heavy atom. The number of H-pyrrole nitrogens is 1. The van der Waals surface area contributed by atoms with Crippen molar-refractivity contribution in [2.75, 3.05) is 6.54 Å². The topological polar surface area (TPSA) is 119 Å². The van der Waals surface area contributed by atoms with E-state index in [4.69, 9.17) is 10.2 Å². The summed E-state index contributed by atoms with van der Waals surface area (Å²) in [5.74, 6) is -1.22. The van der Waals surface area contributed by atoms with Gasteiger partial charge in [0.1, 0.15) is 10.6 Å². The SMILES string of the molecule is Cc1[nH]c(C(=O)O)c(C)c1S(=O)(=O)NC[C@H](C)O. The van der Waals surface area contributed by atoms with Crippen LogP contribution in [-0.4, -0.2) is 42.2 Å². The second-order valence-electron chi connectivity index (χ2n) is 4.09. The number of carbonyl (C=O) groups is 1. The van der Waals surface area contributed by atoms with Crippen molar-refractivity contribution in [3.63, 3.8) is 0 Å². The van der Waals surface area contributed by atoms with E-state index in [1.54, 1.807) is 0 Å². The number of aliphatic hydroxyl groups is 1. The number of hydrogen-bond acceptors (Lipinski definition) is 4. The average Bonchev–Trinajstić information content (AvgIpc) is 2.52. The van der Waals surface area contributed by atoms with Crippen molar-refractivity contribution in [2.45, 2.75) is 31.8 Å². The number of aromatic carboxylic acids is 1. The Morgan fingerprint density at radius 3 is 2.39 bits per heavy atom. The van der Waals surface area contributed by atoms with Crippen LogP contribution in [0.1, 0.15) is 28.7 Å². The van der Waals surface area contributed by atoms with Crippen LogP contribution in [0.25, 0.3) is 0 Å². The molecule has 0 aromatic carbocycles. The van der Waals surface area contributed by atoms with Crippen LogP contribution in [0.2, 0.25) is 0 Å². The zero-order chi connectivity index (χ0) is 14.1. The van der Waals surface area contributed by atoms with Crippen molar-refractivity contribution in [3.05, 3.63) is 17.0 Å². The number of aryl methyl sites for hydroxylation is 1. The Balaban J connectivity index is 3.21. The molecule has 0 unspecified atom stereocenters. The minimum atomic E-state index is -3.83. The molecule has 1 atom stereocenters. The van der Waals surface area contributed by atoms with Crippen LogP contribution in [0.4, 0.5) is 0 Å². The number of aromatic nitrogens is 1. The summed E-state index contributed by atoms with van der Waals surface area (Å²) in [5.41, 5.74) is 0.256. The first-order valence-electron chi connectivity index (χ1n) is 5.27. The van der Waals surface area contributed by atoms with Crippen molar-refractivity contribution < 1.29 is 23.4 Å². The van der Waals surface area contributed by atoms with Crippen molar-refractivity contribution >= 4 is 16.0 Å². The molecule has 4 N–H and O–H groups in total. The molecule has 0 aliphatic rings. The first kappa shape index (κ1) is 14.7. The van der Waals surface area contributed by atoms with E-state index in [0.717, 1.165) is 0 Å². The van der Waals surface area contributed by atoms with E-state index < -0.39 is 22.1 Å². The van der Waals surface area contributed by atoms with Crippen molar-refractivity contribution in [1.82, 2.24) is 9.71 Å². The van der Waals surface area contributed by atoms with Gasteiger partial charge < -0.3 is 15.2 Å². The molecule has 1 rings (SSSR count). The monoisotopic (exact) mass is 276 g/mol. The summed E-state index contributed by atoms with van der Waals surface area (Å²) in [5, 5.41) is 18.0. The zero-order valence-electron chi connectivity index (χ0n) is 10.3. The highest BCUT2D eigenvalue weighted by Gasteiger charge is 2.26. The Labute approximate surface area is 105 Å². The summed E-state index contributed by atoms with van der Waals surface area (Å²) < 4.78 is 26.2. The molecule has 1 aromatic rings.